The molecule has 0 unspecified atom stereocenters. The van der Waals surface area contributed by atoms with Crippen LogP contribution in [0.25, 0.3) is 0 Å². The number of hydrogen-bond donors (Lipinski definition) is 1. The normalized spacial score (nSPS) is 9.55. The van der Waals surface area contributed by atoms with Crippen molar-refractivity contribution in [3.8, 4) is 11.5 Å². The van der Waals surface area contributed by atoms with E-state index in [1.807, 2.05) is 5.32 Å². The largest absolute Gasteiger partial charge is 0.493 e. The summed E-state index contributed by atoms with van der Waals surface area (Å²) in [7, 11) is 2.56. The molecular formula is C13H15NO6. The van der Waals surface area contributed by atoms with Gasteiger partial charge in [-0.1, -0.05) is 0 Å². The van der Waals surface area contributed by atoms with Gasteiger partial charge in [0.25, 0.3) is 5.91 Å². The lowest BCUT2D eigenvalue weighted by atomic mass is 10.1. The van der Waals surface area contributed by atoms with Crippen molar-refractivity contribution in [3.63, 3.8) is 0 Å². The van der Waals surface area contributed by atoms with Gasteiger partial charge in [0.05, 0.1) is 14.2 Å². The average molecular weight is 281 g/mol. The Kier molecular flexibility index (Phi) is 5.52. The molecule has 0 aliphatic heterocycles. The smallest absolute Gasteiger partial charge is 0.413 e. The number of benzene rings is 1. The number of hydrogen-bond acceptors (Lipinski definition) is 6. The van der Waals surface area contributed by atoms with Crippen molar-refractivity contribution in [3.05, 3.63) is 23.8 Å². The number of nitrogens with one attached hydrogen (secondary N) is 1. The lowest BCUT2D eigenvalue weighted by molar-refractivity contribution is -0.122. The van der Waals surface area contributed by atoms with Gasteiger partial charge in [-0.2, -0.15) is 0 Å². The van der Waals surface area contributed by atoms with Crippen LogP contribution >= 0.6 is 0 Å². The lowest BCUT2D eigenvalue weighted by Crippen LogP contribution is -2.34. The fourth-order valence-electron chi connectivity index (χ4n) is 1.35. The van der Waals surface area contributed by atoms with E-state index in [1.54, 1.807) is 6.07 Å². The van der Waals surface area contributed by atoms with Crippen molar-refractivity contribution in [2.24, 2.45) is 0 Å². The van der Waals surface area contributed by atoms with Gasteiger partial charge in [0.15, 0.2) is 23.9 Å². The maximum absolute atomic E-state index is 11.3. The molecule has 0 heterocycles. The minimum atomic E-state index is -0.863. The summed E-state index contributed by atoms with van der Waals surface area (Å²) < 4.78 is 14.6. The van der Waals surface area contributed by atoms with E-state index < -0.39 is 12.0 Å². The molecule has 108 valence electrons. The number of Topliss-reactive ketones (excluding diaryl/α,β-unsaturated/α-hetero) is 1. The molecule has 1 N–H and O–H groups in total. The summed E-state index contributed by atoms with van der Waals surface area (Å²) in [5.74, 6) is -0.158. The molecule has 7 heteroatoms. The minimum Gasteiger partial charge on any atom is -0.493 e. The van der Waals surface area contributed by atoms with Gasteiger partial charge in [0, 0.05) is 5.56 Å². The van der Waals surface area contributed by atoms with Gasteiger partial charge in [-0.25, -0.2) is 4.79 Å². The van der Waals surface area contributed by atoms with Crippen LogP contribution in [0.2, 0.25) is 0 Å². The van der Waals surface area contributed by atoms with Gasteiger partial charge in [-0.05, 0) is 25.1 Å². The van der Waals surface area contributed by atoms with E-state index in [1.165, 1.54) is 26.2 Å². The van der Waals surface area contributed by atoms with E-state index in [9.17, 15) is 14.4 Å². The summed E-state index contributed by atoms with van der Waals surface area (Å²) in [6.45, 7) is 1.05. The number of alkyl carbamates (subject to hydrolysis) is 1. The summed E-state index contributed by atoms with van der Waals surface area (Å²) in [4.78, 5) is 33.4. The van der Waals surface area contributed by atoms with Crippen LogP contribution in [-0.2, 0) is 9.53 Å². The van der Waals surface area contributed by atoms with E-state index in [0.29, 0.717) is 11.3 Å². The third-order valence-corrected chi connectivity index (χ3v) is 2.36. The number of carbonyl (C=O) groups is 3. The number of ether oxygens (including phenoxy) is 3. The third kappa shape index (κ3) is 4.27. The second-order valence-electron chi connectivity index (χ2n) is 3.75. The van der Waals surface area contributed by atoms with Gasteiger partial charge in [0.2, 0.25) is 0 Å². The van der Waals surface area contributed by atoms with Gasteiger partial charge in [-0.15, -0.1) is 0 Å². The molecule has 0 aliphatic carbocycles. The van der Waals surface area contributed by atoms with Crippen molar-refractivity contribution >= 4 is 17.8 Å². The first-order valence-electron chi connectivity index (χ1n) is 5.67. The van der Waals surface area contributed by atoms with E-state index in [2.05, 4.69) is 4.74 Å². The molecule has 0 atom stereocenters. The maximum atomic E-state index is 11.3. The van der Waals surface area contributed by atoms with Gasteiger partial charge >= 0.3 is 6.09 Å². The average Bonchev–Trinajstić information content (AvgIpc) is 2.44. The number of amides is 2. The Hall–Kier alpha value is -2.57. The number of methoxy groups -OCH3 is 2. The molecule has 0 spiro atoms. The molecule has 0 saturated heterocycles. The summed E-state index contributed by atoms with van der Waals surface area (Å²) in [5, 5.41) is 1.95. The zero-order valence-electron chi connectivity index (χ0n) is 11.4. The summed E-state index contributed by atoms with van der Waals surface area (Å²) in [6.07, 6.45) is -0.863. The van der Waals surface area contributed by atoms with Crippen molar-refractivity contribution in [2.45, 2.75) is 6.92 Å². The fourth-order valence-corrected chi connectivity index (χ4v) is 1.35. The van der Waals surface area contributed by atoms with Crippen LogP contribution in [0.3, 0.4) is 0 Å². The highest BCUT2D eigenvalue weighted by Gasteiger charge is 2.12. The molecule has 20 heavy (non-hydrogen) atoms. The van der Waals surface area contributed by atoms with Crippen molar-refractivity contribution in [1.82, 2.24) is 5.32 Å². The van der Waals surface area contributed by atoms with Crippen LogP contribution < -0.4 is 14.8 Å². The zero-order valence-corrected chi connectivity index (χ0v) is 11.4. The molecule has 0 fully saturated rings. The second-order valence-corrected chi connectivity index (χ2v) is 3.75. The number of carbonyl (C=O) groups excluding carboxylic acids is 3. The quantitative estimate of drug-likeness (QED) is 0.814. The zero-order chi connectivity index (χ0) is 15.1. The molecule has 0 radical (unpaired) electrons. The Morgan fingerprint density at radius 2 is 1.85 bits per heavy atom. The van der Waals surface area contributed by atoms with Crippen LogP contribution in [0.15, 0.2) is 18.2 Å². The van der Waals surface area contributed by atoms with Crippen LogP contribution in [-0.4, -0.2) is 38.6 Å². The first-order valence-corrected chi connectivity index (χ1v) is 5.67. The highest BCUT2D eigenvalue weighted by molar-refractivity contribution is 5.95. The molecule has 0 saturated carbocycles. The fraction of sp³-hybridized carbons (Fsp3) is 0.308. The summed E-state index contributed by atoms with van der Waals surface area (Å²) in [5.41, 5.74) is 0.466. The number of ketones is 1. The third-order valence-electron chi connectivity index (χ3n) is 2.36. The van der Waals surface area contributed by atoms with E-state index >= 15 is 0 Å². The monoisotopic (exact) mass is 281 g/mol. The number of imide groups is 1. The van der Waals surface area contributed by atoms with Crippen molar-refractivity contribution in [2.75, 3.05) is 20.8 Å². The van der Waals surface area contributed by atoms with Gasteiger partial charge < -0.3 is 14.2 Å². The molecular weight excluding hydrogens is 266 g/mol. The van der Waals surface area contributed by atoms with Crippen LogP contribution in [0.5, 0.6) is 11.5 Å². The van der Waals surface area contributed by atoms with Gasteiger partial charge in [0.1, 0.15) is 0 Å². The lowest BCUT2D eigenvalue weighted by Gasteiger charge is -2.11. The topological polar surface area (TPSA) is 90.9 Å². The molecule has 7 nitrogen and oxygen atoms in total. The van der Waals surface area contributed by atoms with Crippen molar-refractivity contribution < 1.29 is 28.6 Å². The summed E-state index contributed by atoms with van der Waals surface area (Å²) >= 11 is 0. The predicted octanol–water partition coefficient (Wildman–Crippen LogP) is 1.16. The Bertz CT molecular complexity index is 526. The predicted molar refractivity (Wildman–Crippen MR) is 69.0 cm³/mol. The molecule has 2 amide bonds. The minimum absolute atomic E-state index is 0.113. The van der Waals surface area contributed by atoms with Gasteiger partial charge in [-0.3, -0.25) is 14.9 Å². The SMILES string of the molecule is COC(=O)NC(=O)COc1ccc(C(C)=O)cc1OC. The highest BCUT2D eigenvalue weighted by Crippen LogP contribution is 2.28. The molecule has 1 aromatic carbocycles. The summed E-state index contributed by atoms with van der Waals surface area (Å²) in [6, 6.07) is 4.58. The standard InChI is InChI=1S/C13H15NO6/c1-8(15)9-4-5-10(11(6-9)18-2)20-7-12(16)14-13(17)19-3/h4-6H,7H2,1-3H3,(H,14,16,17). The maximum Gasteiger partial charge on any atom is 0.413 e. The molecule has 1 rings (SSSR count). The van der Waals surface area contributed by atoms with E-state index in [4.69, 9.17) is 9.47 Å². The molecule has 0 aliphatic rings. The Morgan fingerprint density at radius 1 is 1.15 bits per heavy atom. The highest BCUT2D eigenvalue weighted by atomic mass is 16.5. The first-order chi connectivity index (χ1) is 9.47. The van der Waals surface area contributed by atoms with E-state index in [-0.39, 0.29) is 18.1 Å². The second kappa shape index (κ2) is 7.13. The van der Waals surface area contributed by atoms with Crippen molar-refractivity contribution in [1.29, 1.82) is 0 Å². The van der Waals surface area contributed by atoms with Crippen LogP contribution in [0.4, 0.5) is 4.79 Å². The number of rotatable bonds is 5. The van der Waals surface area contributed by atoms with E-state index in [0.717, 1.165) is 7.11 Å². The Balaban J connectivity index is 2.70. The van der Waals surface area contributed by atoms with Crippen LogP contribution in [0, 0.1) is 0 Å². The Morgan fingerprint density at radius 3 is 2.40 bits per heavy atom. The molecule has 1 aromatic rings. The Labute approximate surface area is 115 Å². The molecule has 0 bridgehead atoms. The molecule has 0 aromatic heterocycles. The van der Waals surface area contributed by atoms with Crippen LogP contribution in [0.1, 0.15) is 17.3 Å². The first kappa shape index (κ1) is 15.5.